The second-order valence-electron chi connectivity index (χ2n) is 12.1. The number of hydrazine groups is 1. The van der Waals surface area contributed by atoms with Crippen LogP contribution in [0.5, 0.6) is 5.75 Å². The van der Waals surface area contributed by atoms with Gasteiger partial charge in [0, 0.05) is 26.4 Å². The van der Waals surface area contributed by atoms with E-state index < -0.39 is 20.3 Å². The van der Waals surface area contributed by atoms with Crippen LogP contribution in [0.2, 0.25) is 5.02 Å². The number of sulfone groups is 1. The number of likely N-dealkylation sites (tertiary alicyclic amines) is 1. The van der Waals surface area contributed by atoms with Crippen molar-refractivity contribution in [3.63, 3.8) is 0 Å². The normalized spacial score (nSPS) is 18.9. The first-order chi connectivity index (χ1) is 20.7. The lowest BCUT2D eigenvalue weighted by molar-refractivity contribution is 0.0750. The zero-order chi connectivity index (χ0) is 32.8. The quantitative estimate of drug-likeness (QED) is 0.178. The number of hydrogen-bond acceptors (Lipinski definition) is 11. The van der Waals surface area contributed by atoms with Crippen molar-refractivity contribution in [3.05, 3.63) is 46.4 Å². The van der Waals surface area contributed by atoms with E-state index >= 15 is 0 Å². The maximum absolute atomic E-state index is 13.2. The van der Waals surface area contributed by atoms with Gasteiger partial charge in [-0.2, -0.15) is 4.98 Å². The van der Waals surface area contributed by atoms with E-state index in [0.717, 1.165) is 30.6 Å². The second kappa shape index (κ2) is 15.6. The number of hydrogen-bond donors (Lipinski definition) is 3. The Balaban J connectivity index is 1.97. The number of benzene rings is 1. The van der Waals surface area contributed by atoms with Crippen molar-refractivity contribution in [2.75, 3.05) is 45.0 Å². The van der Waals surface area contributed by atoms with Gasteiger partial charge >= 0.3 is 0 Å². The van der Waals surface area contributed by atoms with Crippen LogP contribution >= 0.6 is 11.6 Å². The van der Waals surface area contributed by atoms with Gasteiger partial charge in [0.25, 0.3) is 0 Å². The molecule has 1 saturated heterocycles. The maximum atomic E-state index is 13.2. The molecule has 0 aliphatic carbocycles. The van der Waals surface area contributed by atoms with Crippen LogP contribution in [0.1, 0.15) is 70.9 Å². The van der Waals surface area contributed by atoms with Crippen LogP contribution in [0.4, 0.5) is 17.5 Å². The molecule has 13 heteroatoms. The van der Waals surface area contributed by atoms with Crippen LogP contribution < -0.4 is 21.2 Å². The van der Waals surface area contributed by atoms with Gasteiger partial charge in [0.05, 0.1) is 35.5 Å². The summed E-state index contributed by atoms with van der Waals surface area (Å²) in [6, 6.07) is 4.56. The van der Waals surface area contributed by atoms with E-state index in [1.165, 1.54) is 23.0 Å². The Bertz CT molecular complexity index is 1400. The van der Waals surface area contributed by atoms with Gasteiger partial charge in [-0.1, -0.05) is 18.5 Å². The minimum Gasteiger partial charge on any atom is -0.489 e. The molecule has 0 radical (unpaired) electrons. The van der Waals surface area contributed by atoms with Crippen molar-refractivity contribution < 1.29 is 17.9 Å². The number of rotatable bonds is 14. The number of piperidine rings is 1. The fourth-order valence-electron chi connectivity index (χ4n) is 5.58. The molecule has 44 heavy (non-hydrogen) atoms. The Morgan fingerprint density at radius 3 is 2.59 bits per heavy atom. The molecule has 4 N–H and O–H groups in total. The number of aryl methyl sites for hydroxylation is 1. The summed E-state index contributed by atoms with van der Waals surface area (Å²) in [5.74, 6) is 7.54. The summed E-state index contributed by atoms with van der Waals surface area (Å²) in [7, 11) is 2.01. The third-order valence-corrected chi connectivity index (χ3v) is 10.9. The first kappa shape index (κ1) is 35.8. The molecule has 246 valence electrons. The average Bonchev–Trinajstić information content (AvgIpc) is 2.93. The zero-order valence-electron chi connectivity index (χ0n) is 27.5. The lowest BCUT2D eigenvalue weighted by atomic mass is 9.83. The van der Waals surface area contributed by atoms with Crippen molar-refractivity contribution in [2.45, 2.75) is 89.4 Å². The Labute approximate surface area is 268 Å². The first-order valence-corrected chi connectivity index (χ1v) is 17.1. The molecule has 1 aromatic heterocycles. The van der Waals surface area contributed by atoms with E-state index in [1.54, 1.807) is 28.0 Å². The SMILES string of the molecule is CCC(/C(=C\N(C)N)Nc1nc(Nc2cc(C)c(C3CCN(C)C(COC)C3)cc2OC(C)C)ncc1Cl)S(=O)(=O)C(C)C. The molecule has 3 unspecified atom stereocenters. The Kier molecular flexibility index (Phi) is 12.7. The van der Waals surface area contributed by atoms with Crippen LogP contribution in [0.25, 0.3) is 0 Å². The number of ether oxygens (including phenoxy) is 2. The van der Waals surface area contributed by atoms with E-state index in [2.05, 4.69) is 51.6 Å². The Hall–Kier alpha value is -2.64. The summed E-state index contributed by atoms with van der Waals surface area (Å²) in [5.41, 5.74) is 3.49. The van der Waals surface area contributed by atoms with Gasteiger partial charge in [0.1, 0.15) is 16.0 Å². The molecule has 0 spiro atoms. The number of anilines is 3. The summed E-state index contributed by atoms with van der Waals surface area (Å²) in [5, 5.41) is 6.57. The molecule has 0 amide bonds. The van der Waals surface area contributed by atoms with Crippen LogP contribution in [0.3, 0.4) is 0 Å². The Morgan fingerprint density at radius 2 is 2.00 bits per heavy atom. The molecule has 1 fully saturated rings. The highest BCUT2D eigenvalue weighted by Gasteiger charge is 2.32. The molecule has 2 heterocycles. The lowest BCUT2D eigenvalue weighted by Crippen LogP contribution is -2.41. The average molecular weight is 652 g/mol. The fraction of sp³-hybridized carbons (Fsp3) is 0.613. The monoisotopic (exact) mass is 651 g/mol. The fourth-order valence-corrected chi connectivity index (χ4v) is 7.31. The first-order valence-electron chi connectivity index (χ1n) is 15.2. The van der Waals surface area contributed by atoms with Crippen LogP contribution in [0.15, 0.2) is 30.2 Å². The number of nitrogens with two attached hydrogens (primary N) is 1. The van der Waals surface area contributed by atoms with Gasteiger partial charge < -0.3 is 30.0 Å². The van der Waals surface area contributed by atoms with Gasteiger partial charge in [-0.15, -0.1) is 0 Å². The standard InChI is InChI=1S/C31H50ClN7O4S/c1-10-29(44(40,41)20(4)5)27(17-39(8)33)35-30-25(32)16-34-31(37-30)36-26-13-21(6)24(15-28(26)43-19(2)3)22-11-12-38(7)23(14-22)18-42-9/h13,15-17,19-20,22-23,29H,10-12,14,18,33H2,1-9H3,(H2,34,35,36,37)/b27-17+. The van der Waals surface area contributed by atoms with E-state index in [4.69, 9.17) is 26.9 Å². The summed E-state index contributed by atoms with van der Waals surface area (Å²) >= 11 is 6.51. The number of likely N-dealkylation sites (N-methyl/N-ethyl adjacent to an activating group) is 1. The van der Waals surface area contributed by atoms with Gasteiger partial charge in [0.2, 0.25) is 5.95 Å². The highest BCUT2D eigenvalue weighted by molar-refractivity contribution is 7.92. The number of nitrogens with one attached hydrogen (secondary N) is 2. The predicted octanol–water partition coefficient (Wildman–Crippen LogP) is 5.45. The number of halogens is 1. The minimum absolute atomic E-state index is 0.0527. The van der Waals surface area contributed by atoms with Crippen molar-refractivity contribution in [1.82, 2.24) is 19.9 Å². The van der Waals surface area contributed by atoms with Crippen molar-refractivity contribution in [2.24, 2.45) is 5.84 Å². The van der Waals surface area contributed by atoms with Crippen LogP contribution in [-0.2, 0) is 14.6 Å². The summed E-state index contributed by atoms with van der Waals surface area (Å²) < 4.78 is 38.2. The smallest absolute Gasteiger partial charge is 0.229 e. The topological polar surface area (TPSA) is 135 Å². The third kappa shape index (κ3) is 8.97. The van der Waals surface area contributed by atoms with Crippen LogP contribution in [-0.4, -0.2) is 85.3 Å². The molecule has 1 aliphatic rings. The maximum Gasteiger partial charge on any atom is 0.229 e. The van der Waals surface area contributed by atoms with Gasteiger partial charge in [-0.25, -0.2) is 19.2 Å². The predicted molar refractivity (Wildman–Crippen MR) is 179 cm³/mol. The van der Waals surface area contributed by atoms with Gasteiger partial charge in [-0.3, -0.25) is 0 Å². The van der Waals surface area contributed by atoms with Crippen molar-refractivity contribution >= 4 is 38.9 Å². The number of nitrogens with zero attached hydrogens (tertiary/aromatic N) is 4. The van der Waals surface area contributed by atoms with Crippen LogP contribution in [0, 0.1) is 6.92 Å². The summed E-state index contributed by atoms with van der Waals surface area (Å²) in [6.07, 6.45) is 5.36. The molecule has 1 aliphatic heterocycles. The molecular weight excluding hydrogens is 602 g/mol. The van der Waals surface area contributed by atoms with Gasteiger partial charge in [0.15, 0.2) is 15.7 Å². The second-order valence-corrected chi connectivity index (χ2v) is 15.2. The lowest BCUT2D eigenvalue weighted by Gasteiger charge is -2.37. The highest BCUT2D eigenvalue weighted by atomic mass is 35.5. The molecular formula is C31H50ClN7O4S. The molecule has 0 bridgehead atoms. The van der Waals surface area contributed by atoms with E-state index in [0.29, 0.717) is 36.4 Å². The van der Waals surface area contributed by atoms with Gasteiger partial charge in [-0.05, 0) is 96.7 Å². The summed E-state index contributed by atoms with van der Waals surface area (Å²) in [6.45, 7) is 12.9. The largest absolute Gasteiger partial charge is 0.489 e. The molecule has 0 saturated carbocycles. The molecule has 3 atom stereocenters. The van der Waals surface area contributed by atoms with Crippen molar-refractivity contribution in [3.8, 4) is 5.75 Å². The minimum atomic E-state index is -3.51. The highest BCUT2D eigenvalue weighted by Crippen LogP contribution is 2.39. The molecule has 11 nitrogen and oxygen atoms in total. The van der Waals surface area contributed by atoms with E-state index in [1.807, 2.05) is 20.8 Å². The number of methoxy groups -OCH3 is 1. The number of aromatic nitrogens is 2. The van der Waals surface area contributed by atoms with E-state index in [-0.39, 0.29) is 22.9 Å². The zero-order valence-corrected chi connectivity index (χ0v) is 29.1. The van der Waals surface area contributed by atoms with E-state index in [9.17, 15) is 8.42 Å². The molecule has 2 aromatic rings. The molecule has 3 rings (SSSR count). The van der Waals surface area contributed by atoms with Crippen molar-refractivity contribution in [1.29, 1.82) is 0 Å². The molecule has 1 aromatic carbocycles. The Morgan fingerprint density at radius 1 is 1.30 bits per heavy atom. The summed E-state index contributed by atoms with van der Waals surface area (Å²) in [4.78, 5) is 11.4. The third-order valence-electron chi connectivity index (χ3n) is 7.91.